The SMILES string of the molecule is CN(C/C=C/c1ccc([N+](=O)[O-])cc1)Cc1ccc2c(c1)OCCC2.Cl. The lowest BCUT2D eigenvalue weighted by Gasteiger charge is -2.20. The summed E-state index contributed by atoms with van der Waals surface area (Å²) in [6, 6.07) is 13.1. The average Bonchev–Trinajstić information content (AvgIpc) is 2.62. The van der Waals surface area contributed by atoms with Crippen molar-refractivity contribution in [2.45, 2.75) is 19.4 Å². The number of nitro groups is 1. The van der Waals surface area contributed by atoms with E-state index in [4.69, 9.17) is 4.74 Å². The minimum atomic E-state index is -0.385. The number of nitrogens with zero attached hydrogens (tertiary/aromatic N) is 2. The highest BCUT2D eigenvalue weighted by Crippen LogP contribution is 2.26. The Bertz CT molecular complexity index is 775. The zero-order valence-corrected chi connectivity index (χ0v) is 15.6. The van der Waals surface area contributed by atoms with Gasteiger partial charge in [0.25, 0.3) is 5.69 Å². The number of ether oxygens (including phenoxy) is 1. The first-order valence-electron chi connectivity index (χ1n) is 8.46. The third-order valence-corrected chi connectivity index (χ3v) is 4.26. The zero-order valence-electron chi connectivity index (χ0n) is 14.8. The van der Waals surface area contributed by atoms with E-state index in [1.165, 1.54) is 23.3 Å². The van der Waals surface area contributed by atoms with Crippen LogP contribution in [0.5, 0.6) is 5.75 Å². The molecule has 0 spiro atoms. The lowest BCUT2D eigenvalue weighted by molar-refractivity contribution is -0.384. The Balaban J connectivity index is 0.00000243. The summed E-state index contributed by atoms with van der Waals surface area (Å²) in [5, 5.41) is 10.7. The molecule has 1 aliphatic rings. The number of likely N-dealkylation sites (N-methyl/N-ethyl adjacent to an activating group) is 1. The molecule has 0 N–H and O–H groups in total. The summed E-state index contributed by atoms with van der Waals surface area (Å²) in [6.45, 7) is 2.46. The van der Waals surface area contributed by atoms with E-state index < -0.39 is 0 Å². The molecule has 138 valence electrons. The fraction of sp³-hybridized carbons (Fsp3) is 0.300. The molecule has 0 radical (unpaired) electrons. The van der Waals surface area contributed by atoms with Gasteiger partial charge in [-0.05, 0) is 54.8 Å². The number of hydrogen-bond donors (Lipinski definition) is 0. The van der Waals surface area contributed by atoms with Gasteiger partial charge in [-0.3, -0.25) is 15.0 Å². The van der Waals surface area contributed by atoms with Crippen molar-refractivity contribution in [2.24, 2.45) is 0 Å². The molecule has 0 fully saturated rings. The van der Waals surface area contributed by atoms with Gasteiger partial charge in [-0.25, -0.2) is 0 Å². The second-order valence-corrected chi connectivity index (χ2v) is 6.34. The Kier molecular flexibility index (Phi) is 7.18. The number of rotatable bonds is 6. The van der Waals surface area contributed by atoms with Crippen molar-refractivity contribution >= 4 is 24.2 Å². The number of nitro benzene ring substituents is 1. The van der Waals surface area contributed by atoms with Crippen LogP contribution in [0.1, 0.15) is 23.1 Å². The smallest absolute Gasteiger partial charge is 0.269 e. The second kappa shape index (κ2) is 9.36. The Hall–Kier alpha value is -2.37. The molecular weight excluding hydrogens is 352 g/mol. The maximum absolute atomic E-state index is 10.7. The molecule has 0 unspecified atom stereocenters. The predicted octanol–water partition coefficient (Wildman–Crippen LogP) is 4.49. The molecule has 0 bridgehead atoms. The molecule has 0 aromatic heterocycles. The van der Waals surface area contributed by atoms with E-state index in [9.17, 15) is 10.1 Å². The van der Waals surface area contributed by atoms with Crippen molar-refractivity contribution in [3.63, 3.8) is 0 Å². The van der Waals surface area contributed by atoms with Crippen molar-refractivity contribution in [1.29, 1.82) is 0 Å². The summed E-state index contributed by atoms with van der Waals surface area (Å²) in [6.07, 6.45) is 6.25. The fourth-order valence-electron chi connectivity index (χ4n) is 2.94. The zero-order chi connectivity index (χ0) is 17.6. The van der Waals surface area contributed by atoms with Gasteiger partial charge < -0.3 is 4.74 Å². The summed E-state index contributed by atoms with van der Waals surface area (Å²) < 4.78 is 5.73. The van der Waals surface area contributed by atoms with Crippen molar-refractivity contribution in [3.8, 4) is 5.75 Å². The van der Waals surface area contributed by atoms with Gasteiger partial charge in [-0.2, -0.15) is 0 Å². The number of halogens is 1. The quantitative estimate of drug-likeness (QED) is 0.552. The molecule has 2 aromatic rings. The molecular formula is C20H23ClN2O3. The number of benzene rings is 2. The highest BCUT2D eigenvalue weighted by molar-refractivity contribution is 5.85. The maximum atomic E-state index is 10.7. The van der Waals surface area contributed by atoms with Crippen LogP contribution in [0, 0.1) is 10.1 Å². The van der Waals surface area contributed by atoms with Gasteiger partial charge in [0.1, 0.15) is 5.75 Å². The van der Waals surface area contributed by atoms with Crippen molar-refractivity contribution < 1.29 is 9.66 Å². The summed E-state index contributed by atoms with van der Waals surface area (Å²) in [7, 11) is 2.07. The van der Waals surface area contributed by atoms with E-state index in [0.29, 0.717) is 0 Å². The van der Waals surface area contributed by atoms with Crippen LogP contribution in [-0.4, -0.2) is 30.0 Å². The van der Waals surface area contributed by atoms with Gasteiger partial charge in [-0.1, -0.05) is 24.3 Å². The predicted molar refractivity (Wildman–Crippen MR) is 106 cm³/mol. The Morgan fingerprint density at radius 3 is 2.73 bits per heavy atom. The highest BCUT2D eigenvalue weighted by Gasteiger charge is 2.11. The normalized spacial score (nSPS) is 13.2. The first kappa shape index (κ1) is 19.9. The molecule has 5 nitrogen and oxygen atoms in total. The van der Waals surface area contributed by atoms with Gasteiger partial charge in [0.05, 0.1) is 11.5 Å². The third-order valence-electron chi connectivity index (χ3n) is 4.26. The molecule has 6 heteroatoms. The van der Waals surface area contributed by atoms with Gasteiger partial charge >= 0.3 is 0 Å². The van der Waals surface area contributed by atoms with E-state index in [0.717, 1.165) is 43.9 Å². The van der Waals surface area contributed by atoms with Gasteiger partial charge in [-0.15, -0.1) is 12.4 Å². The average molecular weight is 375 g/mol. The standard InChI is InChI=1S/C20H22N2O3.ClH/c1-21(12-2-4-16-7-10-19(11-8-16)22(23)24)15-17-6-9-18-5-3-13-25-20(18)14-17;/h2,4,6-11,14H,3,5,12-13,15H2,1H3;1H/b4-2+;. The number of fused-ring (bicyclic) bond motifs is 1. The Labute approximate surface area is 159 Å². The van der Waals surface area contributed by atoms with Gasteiger partial charge in [0, 0.05) is 25.2 Å². The number of hydrogen-bond acceptors (Lipinski definition) is 4. The van der Waals surface area contributed by atoms with Crippen LogP contribution in [0.3, 0.4) is 0 Å². The van der Waals surface area contributed by atoms with Crippen LogP contribution < -0.4 is 4.74 Å². The van der Waals surface area contributed by atoms with Crippen LogP contribution in [0.2, 0.25) is 0 Å². The summed E-state index contributed by atoms with van der Waals surface area (Å²) in [5.74, 6) is 1.03. The molecule has 3 rings (SSSR count). The summed E-state index contributed by atoms with van der Waals surface area (Å²) in [5.41, 5.74) is 3.62. The van der Waals surface area contributed by atoms with Crippen molar-refractivity contribution in [2.75, 3.05) is 20.2 Å². The Morgan fingerprint density at radius 1 is 1.23 bits per heavy atom. The maximum Gasteiger partial charge on any atom is 0.269 e. The number of non-ortho nitro benzene ring substituents is 1. The monoisotopic (exact) mass is 374 g/mol. The molecule has 0 amide bonds. The van der Waals surface area contributed by atoms with E-state index in [1.54, 1.807) is 12.1 Å². The molecule has 0 saturated heterocycles. The second-order valence-electron chi connectivity index (χ2n) is 6.34. The highest BCUT2D eigenvalue weighted by atomic mass is 35.5. The van der Waals surface area contributed by atoms with Crippen molar-refractivity contribution in [3.05, 3.63) is 75.3 Å². The van der Waals surface area contributed by atoms with Crippen LogP contribution in [0.25, 0.3) is 6.08 Å². The Morgan fingerprint density at radius 2 is 2.00 bits per heavy atom. The van der Waals surface area contributed by atoms with Crippen LogP contribution >= 0.6 is 12.4 Å². The molecule has 1 aliphatic heterocycles. The van der Waals surface area contributed by atoms with E-state index in [-0.39, 0.29) is 23.0 Å². The van der Waals surface area contributed by atoms with Crippen LogP contribution in [-0.2, 0) is 13.0 Å². The molecule has 0 aliphatic carbocycles. The molecule has 2 aromatic carbocycles. The van der Waals surface area contributed by atoms with Gasteiger partial charge in [0.15, 0.2) is 0 Å². The fourth-order valence-corrected chi connectivity index (χ4v) is 2.94. The summed E-state index contributed by atoms with van der Waals surface area (Å²) in [4.78, 5) is 12.5. The first-order valence-corrected chi connectivity index (χ1v) is 8.46. The minimum Gasteiger partial charge on any atom is -0.493 e. The topological polar surface area (TPSA) is 55.6 Å². The lowest BCUT2D eigenvalue weighted by Crippen LogP contribution is -2.18. The summed E-state index contributed by atoms with van der Waals surface area (Å²) >= 11 is 0. The largest absolute Gasteiger partial charge is 0.493 e. The minimum absolute atomic E-state index is 0. The van der Waals surface area contributed by atoms with Crippen LogP contribution in [0.4, 0.5) is 5.69 Å². The molecule has 0 saturated carbocycles. The first-order chi connectivity index (χ1) is 12.1. The van der Waals surface area contributed by atoms with E-state index in [1.807, 2.05) is 6.08 Å². The molecule has 1 heterocycles. The van der Waals surface area contributed by atoms with Crippen LogP contribution in [0.15, 0.2) is 48.5 Å². The third kappa shape index (κ3) is 5.31. The van der Waals surface area contributed by atoms with E-state index >= 15 is 0 Å². The molecule has 0 atom stereocenters. The van der Waals surface area contributed by atoms with Crippen molar-refractivity contribution in [1.82, 2.24) is 4.90 Å². The van der Waals surface area contributed by atoms with E-state index in [2.05, 4.69) is 36.2 Å². The lowest BCUT2D eigenvalue weighted by atomic mass is 10.0. The number of aryl methyl sites for hydroxylation is 1. The van der Waals surface area contributed by atoms with Gasteiger partial charge in [0.2, 0.25) is 0 Å². The molecule has 26 heavy (non-hydrogen) atoms.